The smallest absolute Gasteiger partial charge is 0.193 e. The van der Waals surface area contributed by atoms with Crippen molar-refractivity contribution >= 4 is 21.9 Å². The van der Waals surface area contributed by atoms with Crippen molar-refractivity contribution in [2.24, 2.45) is 10.4 Å². The Morgan fingerprint density at radius 2 is 2.38 bits per heavy atom. The molecule has 2 unspecified atom stereocenters. The molecule has 0 aromatic heterocycles. The molecule has 132 valence electrons. The average molecular weight is 396 g/mol. The highest BCUT2D eigenvalue weighted by atomic mass is 79.9. The van der Waals surface area contributed by atoms with Gasteiger partial charge in [0.1, 0.15) is 11.9 Å². The summed E-state index contributed by atoms with van der Waals surface area (Å²) in [6.45, 7) is 6.66. The van der Waals surface area contributed by atoms with Crippen LogP contribution >= 0.6 is 15.9 Å². The number of benzene rings is 1. The highest BCUT2D eigenvalue weighted by Gasteiger charge is 2.42. The third-order valence-corrected chi connectivity index (χ3v) is 5.31. The van der Waals surface area contributed by atoms with Crippen LogP contribution in [0.1, 0.15) is 19.8 Å². The van der Waals surface area contributed by atoms with Crippen molar-refractivity contribution < 1.29 is 9.47 Å². The van der Waals surface area contributed by atoms with Gasteiger partial charge in [0.2, 0.25) is 0 Å². The zero-order valence-electron chi connectivity index (χ0n) is 14.4. The summed E-state index contributed by atoms with van der Waals surface area (Å²) in [7, 11) is 1.85. The van der Waals surface area contributed by atoms with Crippen molar-refractivity contribution in [2.45, 2.75) is 25.9 Å². The molecular weight excluding hydrogens is 370 g/mol. The van der Waals surface area contributed by atoms with Crippen molar-refractivity contribution in [3.05, 3.63) is 28.7 Å². The van der Waals surface area contributed by atoms with E-state index in [0.717, 1.165) is 49.0 Å². The largest absolute Gasteiger partial charge is 0.489 e. The first-order valence-electron chi connectivity index (χ1n) is 8.56. The van der Waals surface area contributed by atoms with Gasteiger partial charge in [0.05, 0.1) is 13.2 Å². The number of nitrogens with one attached hydrogen (secondary N) is 1. The van der Waals surface area contributed by atoms with E-state index in [0.29, 0.717) is 5.41 Å². The molecule has 1 aromatic carbocycles. The minimum atomic E-state index is 0.0578. The fourth-order valence-corrected chi connectivity index (χ4v) is 3.85. The summed E-state index contributed by atoms with van der Waals surface area (Å²) >= 11 is 3.47. The fraction of sp³-hybridized carbons (Fsp3) is 0.611. The van der Waals surface area contributed by atoms with E-state index in [1.165, 1.54) is 12.8 Å². The Labute approximate surface area is 152 Å². The van der Waals surface area contributed by atoms with Crippen LogP contribution in [0.25, 0.3) is 0 Å². The lowest BCUT2D eigenvalue weighted by Crippen LogP contribution is -2.44. The quantitative estimate of drug-likeness (QED) is 0.628. The molecule has 0 saturated carbocycles. The van der Waals surface area contributed by atoms with E-state index in [9.17, 15) is 0 Å². The summed E-state index contributed by atoms with van der Waals surface area (Å²) in [5.74, 6) is 1.83. The SMILES string of the molecule is CN=C(NCC(C)Oc1cccc(Br)c1)N1CCC2(CCOC2)C1. The van der Waals surface area contributed by atoms with Crippen LogP contribution < -0.4 is 10.1 Å². The van der Waals surface area contributed by atoms with Crippen molar-refractivity contribution in [1.29, 1.82) is 0 Å². The molecular formula is C18H26BrN3O2. The first kappa shape index (κ1) is 17.5. The van der Waals surface area contributed by atoms with Gasteiger partial charge < -0.3 is 19.7 Å². The molecule has 0 radical (unpaired) electrons. The highest BCUT2D eigenvalue weighted by molar-refractivity contribution is 9.10. The van der Waals surface area contributed by atoms with Crippen LogP contribution in [0.2, 0.25) is 0 Å². The second-order valence-corrected chi connectivity index (χ2v) is 7.70. The number of aliphatic imine (C=N–C) groups is 1. The van der Waals surface area contributed by atoms with Crippen molar-refractivity contribution in [1.82, 2.24) is 10.2 Å². The maximum atomic E-state index is 5.96. The molecule has 0 bridgehead atoms. The first-order chi connectivity index (χ1) is 11.6. The number of likely N-dealkylation sites (tertiary alicyclic amines) is 1. The van der Waals surface area contributed by atoms with Crippen LogP contribution in [0.3, 0.4) is 0 Å². The predicted octanol–water partition coefficient (Wildman–Crippen LogP) is 2.90. The lowest BCUT2D eigenvalue weighted by molar-refractivity contribution is 0.156. The molecule has 2 aliphatic rings. The Morgan fingerprint density at radius 3 is 3.08 bits per heavy atom. The van der Waals surface area contributed by atoms with Crippen LogP contribution in [0.15, 0.2) is 33.7 Å². The Bertz CT molecular complexity index is 587. The molecule has 2 atom stereocenters. The minimum absolute atomic E-state index is 0.0578. The Balaban J connectivity index is 1.49. The molecule has 6 heteroatoms. The number of guanidine groups is 1. The summed E-state index contributed by atoms with van der Waals surface area (Å²) in [4.78, 5) is 6.79. The summed E-state index contributed by atoms with van der Waals surface area (Å²) < 4.78 is 12.6. The van der Waals surface area contributed by atoms with Gasteiger partial charge in [0.25, 0.3) is 0 Å². The number of halogens is 1. The average Bonchev–Trinajstić information content (AvgIpc) is 3.19. The summed E-state index contributed by atoms with van der Waals surface area (Å²) in [5, 5.41) is 3.45. The van der Waals surface area contributed by atoms with Gasteiger partial charge in [0.15, 0.2) is 5.96 Å². The topological polar surface area (TPSA) is 46.1 Å². The normalized spacial score (nSPS) is 25.3. The molecule has 24 heavy (non-hydrogen) atoms. The van der Waals surface area contributed by atoms with Crippen molar-refractivity contribution in [2.75, 3.05) is 39.9 Å². The van der Waals surface area contributed by atoms with Crippen LogP contribution in [0.5, 0.6) is 5.75 Å². The van der Waals surface area contributed by atoms with Gasteiger partial charge in [-0.15, -0.1) is 0 Å². The second-order valence-electron chi connectivity index (χ2n) is 6.79. The van der Waals surface area contributed by atoms with E-state index < -0.39 is 0 Å². The monoisotopic (exact) mass is 395 g/mol. The molecule has 2 heterocycles. The van der Waals surface area contributed by atoms with Gasteiger partial charge >= 0.3 is 0 Å². The standard InChI is InChI=1S/C18H26BrN3O2/c1-14(24-16-5-3-4-15(19)10-16)11-21-17(20-2)22-8-6-18(12-22)7-9-23-13-18/h3-5,10,14H,6-9,11-13H2,1-2H3,(H,20,21). The Kier molecular flexibility index (Phi) is 5.66. The van der Waals surface area contributed by atoms with Crippen molar-refractivity contribution in [3.63, 3.8) is 0 Å². The summed E-state index contributed by atoms with van der Waals surface area (Å²) in [5.41, 5.74) is 0.343. The number of rotatable bonds is 4. The number of hydrogen-bond acceptors (Lipinski definition) is 3. The van der Waals surface area contributed by atoms with E-state index in [2.05, 4.69) is 38.1 Å². The van der Waals surface area contributed by atoms with Crippen LogP contribution in [0.4, 0.5) is 0 Å². The number of nitrogens with zero attached hydrogens (tertiary/aromatic N) is 2. The highest BCUT2D eigenvalue weighted by Crippen LogP contribution is 2.38. The van der Waals surface area contributed by atoms with E-state index in [4.69, 9.17) is 9.47 Å². The third-order valence-electron chi connectivity index (χ3n) is 4.82. The molecule has 3 rings (SSSR count). The van der Waals surface area contributed by atoms with E-state index in [-0.39, 0.29) is 6.10 Å². The Morgan fingerprint density at radius 1 is 1.50 bits per heavy atom. The van der Waals surface area contributed by atoms with Gasteiger partial charge in [0, 0.05) is 36.6 Å². The maximum absolute atomic E-state index is 5.96. The molecule has 1 aromatic rings. The van der Waals surface area contributed by atoms with Gasteiger partial charge in [-0.2, -0.15) is 0 Å². The van der Waals surface area contributed by atoms with Crippen LogP contribution in [0, 0.1) is 5.41 Å². The summed E-state index contributed by atoms with van der Waals surface area (Å²) in [6, 6.07) is 7.93. The lowest BCUT2D eigenvalue weighted by Gasteiger charge is -2.26. The molecule has 1 spiro atoms. The molecule has 0 amide bonds. The van der Waals surface area contributed by atoms with Crippen molar-refractivity contribution in [3.8, 4) is 5.75 Å². The van der Waals surface area contributed by atoms with Crippen LogP contribution in [-0.2, 0) is 4.74 Å². The first-order valence-corrected chi connectivity index (χ1v) is 9.35. The molecule has 2 aliphatic heterocycles. The van der Waals surface area contributed by atoms with Crippen LogP contribution in [-0.4, -0.2) is 56.9 Å². The van der Waals surface area contributed by atoms with Gasteiger partial charge in [-0.1, -0.05) is 22.0 Å². The number of hydrogen-bond donors (Lipinski definition) is 1. The molecule has 1 N–H and O–H groups in total. The zero-order chi connectivity index (χ0) is 17.0. The molecule has 2 fully saturated rings. The molecule has 0 aliphatic carbocycles. The van der Waals surface area contributed by atoms with E-state index in [1.54, 1.807) is 0 Å². The zero-order valence-corrected chi connectivity index (χ0v) is 16.0. The van der Waals surface area contributed by atoms with E-state index in [1.807, 2.05) is 31.3 Å². The second kappa shape index (κ2) is 7.74. The van der Waals surface area contributed by atoms with Gasteiger partial charge in [-0.05, 0) is 38.0 Å². The van der Waals surface area contributed by atoms with E-state index >= 15 is 0 Å². The number of ether oxygens (including phenoxy) is 2. The summed E-state index contributed by atoms with van der Waals surface area (Å²) in [6.07, 6.45) is 2.42. The Hall–Kier alpha value is -1.27. The molecule has 2 saturated heterocycles. The van der Waals surface area contributed by atoms with Gasteiger partial charge in [-0.3, -0.25) is 4.99 Å². The lowest BCUT2D eigenvalue weighted by atomic mass is 9.87. The predicted molar refractivity (Wildman–Crippen MR) is 99.7 cm³/mol. The maximum Gasteiger partial charge on any atom is 0.193 e. The fourth-order valence-electron chi connectivity index (χ4n) is 3.47. The third kappa shape index (κ3) is 4.22. The minimum Gasteiger partial charge on any atom is -0.489 e. The molecule has 5 nitrogen and oxygen atoms in total. The van der Waals surface area contributed by atoms with Gasteiger partial charge in [-0.25, -0.2) is 0 Å².